The highest BCUT2D eigenvalue weighted by Crippen LogP contribution is 2.25. The summed E-state index contributed by atoms with van der Waals surface area (Å²) in [7, 11) is 0. The number of benzene rings is 1. The third kappa shape index (κ3) is 4.84. The molecule has 1 aromatic rings. The van der Waals surface area contributed by atoms with Crippen molar-refractivity contribution in [3.8, 4) is 5.75 Å². The Hall–Kier alpha value is -1.06. The number of fused-ring (bicyclic) bond motifs is 1. The molecule has 0 amide bonds. The maximum atomic E-state index is 5.95. The molecule has 0 radical (unpaired) electrons. The zero-order chi connectivity index (χ0) is 13.7. The van der Waals surface area contributed by atoms with E-state index in [0.29, 0.717) is 0 Å². The van der Waals surface area contributed by atoms with Gasteiger partial charge in [-0.3, -0.25) is 0 Å². The van der Waals surface area contributed by atoms with Crippen LogP contribution in [-0.2, 0) is 12.8 Å². The van der Waals surface area contributed by atoms with Gasteiger partial charge in [0.1, 0.15) is 5.75 Å². The normalized spacial score (nSPS) is 14.3. The van der Waals surface area contributed by atoms with E-state index in [2.05, 4.69) is 37.4 Å². The fourth-order valence-electron chi connectivity index (χ4n) is 2.42. The van der Waals surface area contributed by atoms with Crippen molar-refractivity contribution < 1.29 is 4.74 Å². The van der Waals surface area contributed by atoms with Crippen molar-refractivity contribution in [3.05, 3.63) is 29.3 Å². The van der Waals surface area contributed by atoms with Crippen LogP contribution < -0.4 is 15.8 Å². The van der Waals surface area contributed by atoms with E-state index in [1.807, 2.05) is 0 Å². The first-order valence-electron chi connectivity index (χ1n) is 7.29. The third-order valence-electron chi connectivity index (χ3n) is 3.52. The van der Waals surface area contributed by atoms with Crippen LogP contribution in [0.5, 0.6) is 5.75 Å². The molecule has 0 spiro atoms. The molecule has 0 atom stereocenters. The van der Waals surface area contributed by atoms with Crippen molar-refractivity contribution in [1.29, 1.82) is 0 Å². The van der Waals surface area contributed by atoms with Crippen LogP contribution in [0.15, 0.2) is 18.2 Å². The SMILES string of the molecule is CC(C)(N)CCCNCCc1ccc2c(c1)CCO2. The average Bonchev–Trinajstić information content (AvgIpc) is 2.79. The summed E-state index contributed by atoms with van der Waals surface area (Å²) in [4.78, 5) is 0. The molecule has 0 unspecified atom stereocenters. The van der Waals surface area contributed by atoms with Crippen molar-refractivity contribution in [1.82, 2.24) is 5.32 Å². The van der Waals surface area contributed by atoms with E-state index in [1.54, 1.807) is 0 Å². The lowest BCUT2D eigenvalue weighted by Crippen LogP contribution is -2.33. The minimum absolute atomic E-state index is 0.0400. The van der Waals surface area contributed by atoms with Crippen molar-refractivity contribution in [3.63, 3.8) is 0 Å². The Balaban J connectivity index is 1.63. The second-order valence-corrected chi connectivity index (χ2v) is 6.13. The molecule has 1 heterocycles. The van der Waals surface area contributed by atoms with Gasteiger partial charge in [0.25, 0.3) is 0 Å². The number of nitrogens with one attached hydrogen (secondary N) is 1. The van der Waals surface area contributed by atoms with Gasteiger partial charge in [0.05, 0.1) is 6.61 Å². The highest BCUT2D eigenvalue weighted by Gasteiger charge is 2.12. The zero-order valence-corrected chi connectivity index (χ0v) is 12.2. The molecular weight excluding hydrogens is 236 g/mol. The molecule has 0 fully saturated rings. The van der Waals surface area contributed by atoms with Gasteiger partial charge >= 0.3 is 0 Å². The molecule has 0 bridgehead atoms. The van der Waals surface area contributed by atoms with Crippen molar-refractivity contribution in [2.45, 2.75) is 45.1 Å². The molecule has 3 nitrogen and oxygen atoms in total. The third-order valence-corrected chi connectivity index (χ3v) is 3.52. The van der Waals surface area contributed by atoms with Gasteiger partial charge in [-0.1, -0.05) is 12.1 Å². The number of hydrogen-bond acceptors (Lipinski definition) is 3. The van der Waals surface area contributed by atoms with Gasteiger partial charge in [-0.2, -0.15) is 0 Å². The van der Waals surface area contributed by atoms with Crippen molar-refractivity contribution >= 4 is 0 Å². The Kier molecular flexibility index (Phi) is 4.83. The van der Waals surface area contributed by atoms with Crippen LogP contribution in [0.25, 0.3) is 0 Å². The van der Waals surface area contributed by atoms with Crippen LogP contribution in [0.1, 0.15) is 37.8 Å². The molecule has 0 saturated heterocycles. The molecule has 106 valence electrons. The summed E-state index contributed by atoms with van der Waals surface area (Å²) < 4.78 is 5.52. The Bertz CT molecular complexity index is 410. The molecule has 3 heteroatoms. The van der Waals surface area contributed by atoms with E-state index in [9.17, 15) is 0 Å². The summed E-state index contributed by atoms with van der Waals surface area (Å²) in [5, 5.41) is 3.49. The zero-order valence-electron chi connectivity index (χ0n) is 12.2. The lowest BCUT2D eigenvalue weighted by Gasteiger charge is -2.17. The van der Waals surface area contributed by atoms with E-state index in [0.717, 1.165) is 51.1 Å². The number of ether oxygens (including phenoxy) is 1. The highest BCUT2D eigenvalue weighted by atomic mass is 16.5. The van der Waals surface area contributed by atoms with Gasteiger partial charge in [0, 0.05) is 12.0 Å². The van der Waals surface area contributed by atoms with Crippen LogP contribution in [0.2, 0.25) is 0 Å². The molecule has 19 heavy (non-hydrogen) atoms. The Morgan fingerprint density at radius 1 is 1.32 bits per heavy atom. The first-order chi connectivity index (χ1) is 9.04. The average molecular weight is 262 g/mol. The van der Waals surface area contributed by atoms with Crippen LogP contribution in [0, 0.1) is 0 Å². The monoisotopic (exact) mass is 262 g/mol. The van der Waals surface area contributed by atoms with Gasteiger partial charge in [0.2, 0.25) is 0 Å². The van der Waals surface area contributed by atoms with Crippen LogP contribution in [0.3, 0.4) is 0 Å². The van der Waals surface area contributed by atoms with Crippen molar-refractivity contribution in [2.75, 3.05) is 19.7 Å². The smallest absolute Gasteiger partial charge is 0.122 e. The first-order valence-corrected chi connectivity index (χ1v) is 7.29. The summed E-state index contributed by atoms with van der Waals surface area (Å²) >= 11 is 0. The fraction of sp³-hybridized carbons (Fsp3) is 0.625. The van der Waals surface area contributed by atoms with E-state index in [1.165, 1.54) is 11.1 Å². The maximum Gasteiger partial charge on any atom is 0.122 e. The molecule has 0 saturated carbocycles. The van der Waals surface area contributed by atoms with Gasteiger partial charge in [-0.05, 0) is 63.4 Å². The minimum atomic E-state index is -0.0400. The van der Waals surface area contributed by atoms with E-state index in [-0.39, 0.29) is 5.54 Å². The van der Waals surface area contributed by atoms with Gasteiger partial charge in [0.15, 0.2) is 0 Å². The summed E-state index contributed by atoms with van der Waals surface area (Å²) in [6.07, 6.45) is 4.35. The van der Waals surface area contributed by atoms with E-state index < -0.39 is 0 Å². The van der Waals surface area contributed by atoms with E-state index >= 15 is 0 Å². The van der Waals surface area contributed by atoms with Gasteiger partial charge < -0.3 is 15.8 Å². The molecular formula is C16H26N2O. The summed E-state index contributed by atoms with van der Waals surface area (Å²) in [5.74, 6) is 1.07. The molecule has 0 aromatic heterocycles. The largest absolute Gasteiger partial charge is 0.493 e. The number of nitrogens with two attached hydrogens (primary N) is 1. The van der Waals surface area contributed by atoms with Crippen LogP contribution in [0.4, 0.5) is 0 Å². The standard InChI is InChI=1S/C16H26N2O/c1-16(2,17)8-3-9-18-10-6-13-4-5-15-14(12-13)7-11-19-15/h4-5,12,18H,3,6-11,17H2,1-2H3. The highest BCUT2D eigenvalue weighted by molar-refractivity contribution is 5.39. The fourth-order valence-corrected chi connectivity index (χ4v) is 2.42. The molecule has 3 N–H and O–H groups in total. The molecule has 1 aromatic carbocycles. The Labute approximate surface area is 116 Å². The van der Waals surface area contributed by atoms with Crippen LogP contribution >= 0.6 is 0 Å². The summed E-state index contributed by atoms with van der Waals surface area (Å²) in [6.45, 7) is 7.09. The Morgan fingerprint density at radius 2 is 2.16 bits per heavy atom. The molecule has 1 aliphatic rings. The minimum Gasteiger partial charge on any atom is -0.493 e. The predicted molar refractivity (Wildman–Crippen MR) is 79.7 cm³/mol. The molecule has 1 aliphatic heterocycles. The predicted octanol–water partition coefficient (Wildman–Crippen LogP) is 2.27. The van der Waals surface area contributed by atoms with Crippen molar-refractivity contribution in [2.24, 2.45) is 5.73 Å². The Morgan fingerprint density at radius 3 is 2.95 bits per heavy atom. The lowest BCUT2D eigenvalue weighted by atomic mass is 10.0. The molecule has 2 rings (SSSR count). The second kappa shape index (κ2) is 6.40. The first kappa shape index (κ1) is 14.4. The topological polar surface area (TPSA) is 47.3 Å². The van der Waals surface area contributed by atoms with Gasteiger partial charge in [-0.15, -0.1) is 0 Å². The lowest BCUT2D eigenvalue weighted by molar-refractivity contribution is 0.357. The van der Waals surface area contributed by atoms with Crippen LogP contribution in [-0.4, -0.2) is 25.2 Å². The second-order valence-electron chi connectivity index (χ2n) is 6.13. The summed E-state index contributed by atoms with van der Waals surface area (Å²) in [5.41, 5.74) is 8.68. The van der Waals surface area contributed by atoms with Gasteiger partial charge in [-0.25, -0.2) is 0 Å². The quantitative estimate of drug-likeness (QED) is 0.741. The van der Waals surface area contributed by atoms with E-state index in [4.69, 9.17) is 10.5 Å². The number of hydrogen-bond donors (Lipinski definition) is 2. The molecule has 0 aliphatic carbocycles. The number of rotatable bonds is 7. The summed E-state index contributed by atoms with van der Waals surface area (Å²) in [6, 6.07) is 6.57. The maximum absolute atomic E-state index is 5.95.